The summed E-state index contributed by atoms with van der Waals surface area (Å²) >= 11 is 0. The number of aromatic nitrogens is 4. The molecule has 0 aliphatic heterocycles. The van der Waals surface area contributed by atoms with Crippen LogP contribution in [0.15, 0.2) is 11.1 Å². The quantitative estimate of drug-likeness (QED) is 0.584. The highest BCUT2D eigenvalue weighted by molar-refractivity contribution is 5.70. The number of hydrogen-bond donors (Lipinski definition) is 4. The Morgan fingerprint density at radius 3 is 2.95 bits per heavy atom. The van der Waals surface area contributed by atoms with Crippen LogP contribution >= 0.6 is 0 Å². The summed E-state index contributed by atoms with van der Waals surface area (Å²) in [6.07, 6.45) is 3.49. The van der Waals surface area contributed by atoms with Crippen molar-refractivity contribution in [1.29, 1.82) is 0 Å². The maximum Gasteiger partial charge on any atom is 0.280 e. The monoisotopic (exact) mass is 291 g/mol. The largest absolute Gasteiger partial charge is 0.396 e. The van der Waals surface area contributed by atoms with Crippen molar-refractivity contribution in [3.05, 3.63) is 16.7 Å². The van der Waals surface area contributed by atoms with Crippen molar-refractivity contribution in [3.63, 3.8) is 0 Å². The van der Waals surface area contributed by atoms with E-state index in [1.807, 2.05) is 4.57 Å². The second-order valence-electron chi connectivity index (χ2n) is 6.12. The van der Waals surface area contributed by atoms with Gasteiger partial charge in [-0.25, -0.2) is 4.98 Å². The molecule has 0 radical (unpaired) electrons. The second kappa shape index (κ2) is 4.05. The lowest BCUT2D eigenvalue weighted by molar-refractivity contribution is 0.0651. The molecule has 2 aliphatic carbocycles. The Morgan fingerprint density at radius 2 is 2.29 bits per heavy atom. The number of aliphatic hydroxyl groups excluding tert-OH is 2. The normalized spacial score (nSPS) is 30.3. The fraction of sp³-hybridized carbons (Fsp3) is 0.615. The summed E-state index contributed by atoms with van der Waals surface area (Å²) in [5.74, 6) is -0.0735. The molecule has 0 aromatic carbocycles. The molecule has 2 aliphatic rings. The minimum Gasteiger partial charge on any atom is -0.396 e. The lowest BCUT2D eigenvalue weighted by atomic mass is 9.90. The van der Waals surface area contributed by atoms with Gasteiger partial charge in [-0.2, -0.15) is 4.98 Å². The Bertz CT molecular complexity index is 763. The van der Waals surface area contributed by atoms with Gasteiger partial charge in [0, 0.05) is 18.6 Å². The molecule has 2 saturated carbocycles. The van der Waals surface area contributed by atoms with E-state index in [-0.39, 0.29) is 41.0 Å². The third-order valence-corrected chi connectivity index (χ3v) is 5.14. The van der Waals surface area contributed by atoms with E-state index in [0.29, 0.717) is 12.1 Å². The number of aliphatic hydroxyl groups is 2. The van der Waals surface area contributed by atoms with Crippen molar-refractivity contribution in [2.45, 2.75) is 31.4 Å². The van der Waals surface area contributed by atoms with E-state index in [1.165, 1.54) is 0 Å². The van der Waals surface area contributed by atoms with Gasteiger partial charge in [0.2, 0.25) is 5.95 Å². The maximum absolute atomic E-state index is 11.8. The maximum atomic E-state index is 11.8. The number of aromatic amines is 1. The third kappa shape index (κ3) is 1.60. The second-order valence-corrected chi connectivity index (χ2v) is 6.12. The molecule has 8 heteroatoms. The third-order valence-electron chi connectivity index (χ3n) is 5.14. The van der Waals surface area contributed by atoms with Crippen molar-refractivity contribution in [1.82, 2.24) is 19.5 Å². The average Bonchev–Trinajstić information content (AvgIpc) is 3.01. The molecule has 2 fully saturated rings. The van der Waals surface area contributed by atoms with Crippen LogP contribution in [0.3, 0.4) is 0 Å². The predicted octanol–water partition coefficient (Wildman–Crippen LogP) is -0.604. The molecule has 0 amide bonds. The zero-order valence-electron chi connectivity index (χ0n) is 11.4. The van der Waals surface area contributed by atoms with Gasteiger partial charge in [-0.15, -0.1) is 0 Å². The summed E-state index contributed by atoms with van der Waals surface area (Å²) in [4.78, 5) is 22.6. The van der Waals surface area contributed by atoms with Crippen LogP contribution in [0.2, 0.25) is 0 Å². The van der Waals surface area contributed by atoms with Crippen molar-refractivity contribution in [3.8, 4) is 0 Å². The summed E-state index contributed by atoms with van der Waals surface area (Å²) in [7, 11) is 0. The predicted molar refractivity (Wildman–Crippen MR) is 74.5 cm³/mol. The number of rotatable bonds is 2. The molecular formula is C13H17N5O3. The molecule has 2 aromatic heterocycles. The number of H-pyrrole nitrogens is 1. The molecule has 2 aromatic rings. The van der Waals surface area contributed by atoms with E-state index < -0.39 is 6.10 Å². The van der Waals surface area contributed by atoms with E-state index in [9.17, 15) is 15.0 Å². The fourth-order valence-corrected chi connectivity index (χ4v) is 3.97. The van der Waals surface area contributed by atoms with Crippen LogP contribution < -0.4 is 11.3 Å². The molecule has 21 heavy (non-hydrogen) atoms. The first-order chi connectivity index (χ1) is 10.1. The van der Waals surface area contributed by atoms with E-state index in [2.05, 4.69) is 15.0 Å². The minimum atomic E-state index is -0.542. The van der Waals surface area contributed by atoms with Gasteiger partial charge in [0.25, 0.3) is 5.56 Å². The molecule has 5 N–H and O–H groups in total. The van der Waals surface area contributed by atoms with Gasteiger partial charge in [-0.05, 0) is 24.7 Å². The summed E-state index contributed by atoms with van der Waals surface area (Å²) in [5.41, 5.74) is 5.84. The Hall–Kier alpha value is -1.93. The lowest BCUT2D eigenvalue weighted by Gasteiger charge is -2.24. The number of anilines is 1. The number of imidazole rings is 1. The molecule has 0 unspecified atom stereocenters. The van der Waals surface area contributed by atoms with Crippen LogP contribution in [0.5, 0.6) is 0 Å². The molecule has 3 atom stereocenters. The van der Waals surface area contributed by atoms with Crippen molar-refractivity contribution in [2.24, 2.45) is 11.3 Å². The molecule has 0 bridgehead atoms. The fourth-order valence-electron chi connectivity index (χ4n) is 3.97. The molecular weight excluding hydrogens is 274 g/mol. The van der Waals surface area contributed by atoms with Crippen LogP contribution in [0.1, 0.15) is 25.3 Å². The number of nitrogens with two attached hydrogens (primary N) is 1. The van der Waals surface area contributed by atoms with Crippen LogP contribution in [0, 0.1) is 11.3 Å². The van der Waals surface area contributed by atoms with E-state index in [1.54, 1.807) is 6.33 Å². The Kier molecular flexibility index (Phi) is 2.46. The first-order valence-electron chi connectivity index (χ1n) is 7.08. The SMILES string of the molecule is Nc1nc2c(ncn2[C@H]2C[C@H](O)[C@@H](CO)C23CC3)c(=O)[nH]1. The van der Waals surface area contributed by atoms with Crippen molar-refractivity contribution >= 4 is 17.1 Å². The number of nitrogens with zero attached hydrogens (tertiary/aromatic N) is 3. The lowest BCUT2D eigenvalue weighted by Crippen LogP contribution is -2.26. The van der Waals surface area contributed by atoms with Gasteiger partial charge >= 0.3 is 0 Å². The summed E-state index contributed by atoms with van der Waals surface area (Å²) in [6, 6.07) is -0.0108. The molecule has 1 spiro atoms. The molecule has 8 nitrogen and oxygen atoms in total. The van der Waals surface area contributed by atoms with Gasteiger partial charge < -0.3 is 20.5 Å². The first-order valence-corrected chi connectivity index (χ1v) is 7.08. The summed E-state index contributed by atoms with van der Waals surface area (Å²) in [6.45, 7) is -0.0273. The Labute approximate surface area is 119 Å². The van der Waals surface area contributed by atoms with Gasteiger partial charge in [0.1, 0.15) is 0 Å². The van der Waals surface area contributed by atoms with Crippen LogP contribution in [0.4, 0.5) is 5.95 Å². The van der Waals surface area contributed by atoms with Crippen molar-refractivity contribution < 1.29 is 10.2 Å². The standard InChI is InChI=1S/C13H17N5O3/c14-12-16-10-9(11(21)17-12)15-5-18(10)8-3-7(20)6(4-19)13(8)1-2-13/h5-8,19-20H,1-4H2,(H3,14,16,17,21)/t6-,7+,8+/m1/s1. The van der Waals surface area contributed by atoms with Crippen LogP contribution in [0.25, 0.3) is 11.2 Å². The number of hydrogen-bond acceptors (Lipinski definition) is 6. The highest BCUT2D eigenvalue weighted by Gasteiger charge is 2.62. The molecule has 2 heterocycles. The highest BCUT2D eigenvalue weighted by Crippen LogP contribution is 2.66. The van der Waals surface area contributed by atoms with Gasteiger partial charge in [0.15, 0.2) is 11.2 Å². The van der Waals surface area contributed by atoms with Crippen LogP contribution in [-0.4, -0.2) is 42.4 Å². The smallest absolute Gasteiger partial charge is 0.280 e. The Morgan fingerprint density at radius 1 is 1.52 bits per heavy atom. The Balaban J connectivity index is 1.87. The summed E-state index contributed by atoms with van der Waals surface area (Å²) < 4.78 is 1.84. The molecule has 4 rings (SSSR count). The zero-order valence-corrected chi connectivity index (χ0v) is 11.4. The first kappa shape index (κ1) is 12.8. The van der Waals surface area contributed by atoms with Crippen LogP contribution in [-0.2, 0) is 0 Å². The van der Waals surface area contributed by atoms with Crippen molar-refractivity contribution in [2.75, 3.05) is 12.3 Å². The number of nitrogens with one attached hydrogen (secondary N) is 1. The zero-order chi connectivity index (χ0) is 14.8. The van der Waals surface area contributed by atoms with Gasteiger partial charge in [0.05, 0.1) is 12.4 Å². The number of fused-ring (bicyclic) bond motifs is 1. The van der Waals surface area contributed by atoms with E-state index in [0.717, 1.165) is 12.8 Å². The van der Waals surface area contributed by atoms with E-state index in [4.69, 9.17) is 5.73 Å². The average molecular weight is 291 g/mol. The summed E-state index contributed by atoms with van der Waals surface area (Å²) in [5, 5.41) is 19.8. The van der Waals surface area contributed by atoms with E-state index >= 15 is 0 Å². The number of nitrogen functional groups attached to an aromatic ring is 1. The molecule has 112 valence electrons. The molecule has 0 saturated heterocycles. The van der Waals surface area contributed by atoms with Gasteiger partial charge in [-0.1, -0.05) is 0 Å². The van der Waals surface area contributed by atoms with Gasteiger partial charge in [-0.3, -0.25) is 9.78 Å². The minimum absolute atomic E-state index is 0.0108. The highest BCUT2D eigenvalue weighted by atomic mass is 16.3. The topological polar surface area (TPSA) is 130 Å².